The average molecular weight is 357 g/mol. The van der Waals surface area contributed by atoms with Crippen LogP contribution in [0, 0.1) is 19.7 Å². The zero-order chi connectivity index (χ0) is 18.7. The molecule has 0 bridgehead atoms. The second-order valence-corrected chi connectivity index (χ2v) is 6.21. The highest BCUT2D eigenvalue weighted by atomic mass is 19.1. The molecule has 0 atom stereocenters. The molecule has 0 saturated carbocycles. The molecule has 0 aliphatic carbocycles. The van der Waals surface area contributed by atoms with Crippen molar-refractivity contribution < 1.29 is 9.13 Å². The maximum atomic E-state index is 14.6. The molecule has 6 nitrogen and oxygen atoms in total. The van der Waals surface area contributed by atoms with E-state index in [-0.39, 0.29) is 5.82 Å². The van der Waals surface area contributed by atoms with E-state index in [4.69, 9.17) is 4.74 Å². The lowest BCUT2D eigenvalue weighted by Gasteiger charge is -2.08. The van der Waals surface area contributed by atoms with Gasteiger partial charge in [-0.25, -0.2) is 9.07 Å². The predicted octanol–water partition coefficient (Wildman–Crippen LogP) is 3.12. The second-order valence-electron chi connectivity index (χ2n) is 6.21. The van der Waals surface area contributed by atoms with Crippen LogP contribution in [0.1, 0.15) is 30.4 Å². The maximum Gasteiger partial charge on any atom is 0.152 e. The summed E-state index contributed by atoms with van der Waals surface area (Å²) in [7, 11) is 1.92. The van der Waals surface area contributed by atoms with Crippen LogP contribution in [0.15, 0.2) is 18.2 Å². The fourth-order valence-electron chi connectivity index (χ4n) is 3.12. The number of aromatic nitrogens is 4. The number of halogens is 1. The quantitative estimate of drug-likeness (QED) is 0.658. The van der Waals surface area contributed by atoms with E-state index >= 15 is 0 Å². The summed E-state index contributed by atoms with van der Waals surface area (Å²) in [5.41, 5.74) is 3.67. The van der Waals surface area contributed by atoms with Gasteiger partial charge in [0, 0.05) is 11.5 Å². The van der Waals surface area contributed by atoms with Gasteiger partial charge in [-0.1, -0.05) is 0 Å². The van der Waals surface area contributed by atoms with Crippen molar-refractivity contribution in [3.8, 4) is 11.4 Å². The second kappa shape index (κ2) is 7.78. The molecule has 26 heavy (non-hydrogen) atoms. The lowest BCUT2D eigenvalue weighted by molar-refractivity contribution is 0.338. The Morgan fingerprint density at radius 1 is 1.23 bits per heavy atom. The number of fused-ring (bicyclic) bond motifs is 1. The third kappa shape index (κ3) is 3.39. The van der Waals surface area contributed by atoms with Gasteiger partial charge in [0.25, 0.3) is 0 Å². The molecular formula is C19H24FN5O. The Kier molecular flexibility index (Phi) is 5.46. The number of aryl methyl sites for hydroxylation is 3. The van der Waals surface area contributed by atoms with Gasteiger partial charge in [-0.3, -0.25) is 0 Å². The highest BCUT2D eigenvalue weighted by molar-refractivity contribution is 5.85. The zero-order valence-corrected chi connectivity index (χ0v) is 15.6. The fraction of sp³-hybridized carbons (Fsp3) is 0.421. The van der Waals surface area contributed by atoms with Crippen LogP contribution >= 0.6 is 0 Å². The Labute approximate surface area is 152 Å². The molecule has 3 rings (SSSR count). The van der Waals surface area contributed by atoms with E-state index in [1.165, 1.54) is 6.07 Å². The summed E-state index contributed by atoms with van der Waals surface area (Å²) in [6, 6.07) is 4.84. The van der Waals surface area contributed by atoms with Crippen LogP contribution in [0.25, 0.3) is 16.6 Å². The van der Waals surface area contributed by atoms with Crippen LogP contribution in [-0.2, 0) is 6.42 Å². The Bertz CT molecular complexity index is 922. The maximum absolute atomic E-state index is 14.6. The van der Waals surface area contributed by atoms with Crippen LogP contribution in [0.4, 0.5) is 4.39 Å². The average Bonchev–Trinajstić information content (AvgIpc) is 2.96. The standard InChI is InChI=1S/C19H24FN5O/c1-5-26-14-8-9-17(15(20)11-14)25-13(3)18-12(2)22-23-16(19(18)24-25)7-6-10-21-4/h8-9,11,21H,5-7,10H2,1-4H3. The smallest absolute Gasteiger partial charge is 0.152 e. The fourth-order valence-corrected chi connectivity index (χ4v) is 3.12. The first-order valence-corrected chi connectivity index (χ1v) is 8.85. The van der Waals surface area contributed by atoms with Crippen molar-refractivity contribution in [2.24, 2.45) is 0 Å². The lowest BCUT2D eigenvalue weighted by atomic mass is 10.1. The topological polar surface area (TPSA) is 64.9 Å². The number of rotatable bonds is 7. The van der Waals surface area contributed by atoms with Crippen molar-refractivity contribution in [3.05, 3.63) is 41.1 Å². The minimum atomic E-state index is -0.373. The molecule has 0 spiro atoms. The highest BCUT2D eigenvalue weighted by Gasteiger charge is 2.18. The summed E-state index contributed by atoms with van der Waals surface area (Å²) >= 11 is 0. The van der Waals surface area contributed by atoms with Crippen LogP contribution in [0.5, 0.6) is 5.75 Å². The number of nitrogens with one attached hydrogen (secondary N) is 1. The molecule has 1 N–H and O–H groups in total. The molecule has 0 saturated heterocycles. The number of ether oxygens (including phenoxy) is 1. The first-order chi connectivity index (χ1) is 12.6. The van der Waals surface area contributed by atoms with E-state index in [0.29, 0.717) is 18.0 Å². The predicted molar refractivity (Wildman–Crippen MR) is 99.5 cm³/mol. The van der Waals surface area contributed by atoms with E-state index in [1.54, 1.807) is 16.8 Å². The van der Waals surface area contributed by atoms with Gasteiger partial charge in [0.2, 0.25) is 0 Å². The third-order valence-corrected chi connectivity index (χ3v) is 4.37. The molecule has 138 valence electrons. The molecule has 0 unspecified atom stereocenters. The number of hydrogen-bond acceptors (Lipinski definition) is 5. The van der Waals surface area contributed by atoms with Crippen LogP contribution < -0.4 is 10.1 Å². The van der Waals surface area contributed by atoms with E-state index in [0.717, 1.165) is 47.4 Å². The summed E-state index contributed by atoms with van der Waals surface area (Å²) in [6.45, 7) is 7.09. The van der Waals surface area contributed by atoms with Crippen molar-refractivity contribution in [1.82, 2.24) is 25.3 Å². The Balaban J connectivity index is 2.08. The van der Waals surface area contributed by atoms with Crippen LogP contribution in [0.3, 0.4) is 0 Å². The van der Waals surface area contributed by atoms with Gasteiger partial charge in [0.05, 0.1) is 23.7 Å². The summed E-state index contributed by atoms with van der Waals surface area (Å²) in [5, 5.41) is 17.3. The molecule has 0 amide bonds. The Hall–Kier alpha value is -2.54. The van der Waals surface area contributed by atoms with E-state index in [2.05, 4.69) is 20.6 Å². The summed E-state index contributed by atoms with van der Waals surface area (Å²) in [5.74, 6) is 0.137. The largest absolute Gasteiger partial charge is 0.494 e. The van der Waals surface area contributed by atoms with Gasteiger partial charge in [0.15, 0.2) is 5.82 Å². The van der Waals surface area contributed by atoms with Gasteiger partial charge < -0.3 is 10.1 Å². The molecular weight excluding hydrogens is 333 g/mol. The molecule has 2 heterocycles. The highest BCUT2D eigenvalue weighted by Crippen LogP contribution is 2.27. The van der Waals surface area contributed by atoms with Crippen molar-refractivity contribution in [1.29, 1.82) is 0 Å². The minimum Gasteiger partial charge on any atom is -0.494 e. The number of benzene rings is 1. The van der Waals surface area contributed by atoms with Crippen LogP contribution in [-0.4, -0.2) is 40.2 Å². The minimum absolute atomic E-state index is 0.373. The van der Waals surface area contributed by atoms with Crippen LogP contribution in [0.2, 0.25) is 0 Å². The monoisotopic (exact) mass is 357 g/mol. The molecule has 3 aromatic rings. The first kappa shape index (κ1) is 18.3. The van der Waals surface area contributed by atoms with E-state index in [9.17, 15) is 4.39 Å². The molecule has 0 aliphatic heterocycles. The van der Waals surface area contributed by atoms with Gasteiger partial charge >= 0.3 is 0 Å². The summed E-state index contributed by atoms with van der Waals surface area (Å²) in [6.07, 6.45) is 1.71. The first-order valence-electron chi connectivity index (χ1n) is 8.85. The molecule has 0 radical (unpaired) electrons. The zero-order valence-electron chi connectivity index (χ0n) is 15.6. The Morgan fingerprint density at radius 3 is 2.73 bits per heavy atom. The van der Waals surface area contributed by atoms with Crippen molar-refractivity contribution in [3.63, 3.8) is 0 Å². The molecule has 0 fully saturated rings. The van der Waals surface area contributed by atoms with Crippen molar-refractivity contribution >= 4 is 10.9 Å². The summed E-state index contributed by atoms with van der Waals surface area (Å²) in [4.78, 5) is 0. The number of nitrogens with zero attached hydrogens (tertiary/aromatic N) is 4. The van der Waals surface area contributed by atoms with Gasteiger partial charge in [-0.2, -0.15) is 15.3 Å². The summed E-state index contributed by atoms with van der Waals surface area (Å²) < 4.78 is 21.6. The molecule has 2 aromatic heterocycles. The van der Waals surface area contributed by atoms with Crippen molar-refractivity contribution in [2.75, 3.05) is 20.2 Å². The van der Waals surface area contributed by atoms with Gasteiger partial charge in [-0.15, -0.1) is 0 Å². The molecule has 0 aliphatic rings. The third-order valence-electron chi connectivity index (χ3n) is 4.37. The number of hydrogen-bond donors (Lipinski definition) is 1. The Morgan fingerprint density at radius 2 is 2.04 bits per heavy atom. The normalized spacial score (nSPS) is 11.3. The SMILES string of the molecule is CCOc1ccc(-n2nc3c(CCCNC)nnc(C)c3c2C)c(F)c1. The van der Waals surface area contributed by atoms with Gasteiger partial charge in [0.1, 0.15) is 17.0 Å². The van der Waals surface area contributed by atoms with Crippen molar-refractivity contribution in [2.45, 2.75) is 33.6 Å². The van der Waals surface area contributed by atoms with E-state index < -0.39 is 0 Å². The van der Waals surface area contributed by atoms with Gasteiger partial charge in [-0.05, 0) is 59.3 Å². The van der Waals surface area contributed by atoms with E-state index in [1.807, 2.05) is 27.8 Å². The molecule has 7 heteroatoms. The lowest BCUT2D eigenvalue weighted by Crippen LogP contribution is -2.09. The molecule has 1 aromatic carbocycles.